The van der Waals surface area contributed by atoms with Crippen LogP contribution in [-0.4, -0.2) is 38.9 Å². The Balaban J connectivity index is 1.42. The monoisotopic (exact) mass is 359 g/mol. The van der Waals surface area contributed by atoms with Gasteiger partial charge in [0.05, 0.1) is 26.9 Å². The lowest BCUT2D eigenvalue weighted by atomic mass is 9.54. The van der Waals surface area contributed by atoms with Gasteiger partial charge in [-0.1, -0.05) is 18.9 Å². The highest BCUT2D eigenvalue weighted by Gasteiger charge is 2.65. The van der Waals surface area contributed by atoms with Crippen molar-refractivity contribution >= 4 is 5.96 Å². The van der Waals surface area contributed by atoms with Crippen LogP contribution in [0.15, 0.2) is 23.2 Å². The summed E-state index contributed by atoms with van der Waals surface area (Å²) in [5.41, 5.74) is 7.56. The summed E-state index contributed by atoms with van der Waals surface area (Å²) in [5.74, 6) is 2.54. The summed E-state index contributed by atoms with van der Waals surface area (Å²) in [6, 6.07) is 6.23. The highest BCUT2D eigenvalue weighted by molar-refractivity contribution is 5.78. The summed E-state index contributed by atoms with van der Waals surface area (Å²) >= 11 is 0. The van der Waals surface area contributed by atoms with Crippen LogP contribution < -0.4 is 20.5 Å². The molecule has 0 radical (unpaired) electrons. The number of fused-ring (bicyclic) bond motifs is 2. The molecule has 142 valence electrons. The van der Waals surface area contributed by atoms with Crippen LogP contribution in [0.3, 0.4) is 0 Å². The van der Waals surface area contributed by atoms with E-state index in [4.69, 9.17) is 19.9 Å². The molecular formula is C20H29N3O3. The van der Waals surface area contributed by atoms with Crippen molar-refractivity contribution in [1.29, 1.82) is 0 Å². The maximum Gasteiger partial charge on any atom is 0.189 e. The van der Waals surface area contributed by atoms with E-state index in [9.17, 15) is 0 Å². The average Bonchev–Trinajstić information content (AvgIpc) is 3.33. The average molecular weight is 359 g/mol. The number of aliphatic imine (C=N–C) groups is 1. The predicted octanol–water partition coefficient (Wildman–Crippen LogP) is 2.46. The van der Waals surface area contributed by atoms with Gasteiger partial charge in [-0.05, 0) is 37.0 Å². The van der Waals surface area contributed by atoms with Gasteiger partial charge in [0.25, 0.3) is 0 Å². The largest absolute Gasteiger partial charge is 0.493 e. The molecular weight excluding hydrogens is 330 g/mol. The van der Waals surface area contributed by atoms with Crippen LogP contribution in [-0.2, 0) is 11.3 Å². The minimum absolute atomic E-state index is 0.282. The molecule has 3 N–H and O–H groups in total. The first-order chi connectivity index (χ1) is 12.7. The second-order valence-corrected chi connectivity index (χ2v) is 7.70. The quantitative estimate of drug-likeness (QED) is 0.624. The van der Waals surface area contributed by atoms with Crippen molar-refractivity contribution in [1.82, 2.24) is 5.32 Å². The van der Waals surface area contributed by atoms with Gasteiger partial charge >= 0.3 is 0 Å². The molecule has 1 saturated heterocycles. The molecule has 1 aromatic carbocycles. The number of rotatable bonds is 5. The summed E-state index contributed by atoms with van der Waals surface area (Å²) in [5, 5.41) is 3.53. The van der Waals surface area contributed by atoms with Crippen molar-refractivity contribution in [3.05, 3.63) is 23.8 Å². The van der Waals surface area contributed by atoms with Crippen LogP contribution in [0.5, 0.6) is 11.5 Å². The number of nitrogens with two attached hydrogens (primary N) is 1. The number of hydrogen-bond acceptors (Lipinski definition) is 4. The number of nitrogens with one attached hydrogen (secondary N) is 1. The topological polar surface area (TPSA) is 78.1 Å². The molecule has 6 nitrogen and oxygen atoms in total. The number of hydrogen-bond donors (Lipinski definition) is 2. The summed E-state index contributed by atoms with van der Waals surface area (Å²) in [4.78, 5) is 4.56. The fourth-order valence-corrected chi connectivity index (χ4v) is 5.26. The van der Waals surface area contributed by atoms with Crippen molar-refractivity contribution in [2.24, 2.45) is 22.1 Å². The normalized spacial score (nSPS) is 29.3. The smallest absolute Gasteiger partial charge is 0.189 e. The van der Waals surface area contributed by atoms with E-state index in [0.29, 0.717) is 36.3 Å². The van der Waals surface area contributed by atoms with Crippen LogP contribution in [0.25, 0.3) is 0 Å². The first-order valence-electron chi connectivity index (χ1n) is 9.57. The Morgan fingerprint density at radius 1 is 1.27 bits per heavy atom. The number of ether oxygens (including phenoxy) is 3. The molecule has 0 bridgehead atoms. The van der Waals surface area contributed by atoms with E-state index in [1.165, 1.54) is 25.7 Å². The van der Waals surface area contributed by atoms with E-state index < -0.39 is 0 Å². The second kappa shape index (κ2) is 6.99. The molecule has 3 fully saturated rings. The Morgan fingerprint density at radius 3 is 2.77 bits per heavy atom. The first-order valence-corrected chi connectivity index (χ1v) is 9.57. The standard InChI is InChI=1S/C20H29N3O3/c1-24-15-6-5-13(11-16(15)25-2)12-22-19(21)23-17-14-7-10-26-18(14)20(17)8-3-4-9-20/h5-6,11,14,17-18H,3-4,7-10,12H2,1-2H3,(H3,21,22,23). The predicted molar refractivity (Wildman–Crippen MR) is 101 cm³/mol. The molecule has 1 aliphatic heterocycles. The molecule has 3 atom stereocenters. The fourth-order valence-electron chi connectivity index (χ4n) is 5.26. The van der Waals surface area contributed by atoms with Gasteiger partial charge in [0.15, 0.2) is 17.5 Å². The Kier molecular flexibility index (Phi) is 4.69. The Morgan fingerprint density at radius 2 is 2.04 bits per heavy atom. The summed E-state index contributed by atoms with van der Waals surface area (Å²) in [6.45, 7) is 1.40. The molecule has 0 aromatic heterocycles. The molecule has 1 aromatic rings. The van der Waals surface area contributed by atoms with Gasteiger partial charge in [-0.15, -0.1) is 0 Å². The summed E-state index contributed by atoms with van der Waals surface area (Å²) < 4.78 is 16.7. The third-order valence-electron chi connectivity index (χ3n) is 6.47. The first kappa shape index (κ1) is 17.5. The van der Waals surface area contributed by atoms with E-state index in [0.717, 1.165) is 24.3 Å². The third kappa shape index (κ3) is 2.80. The maximum atomic E-state index is 6.23. The highest BCUT2D eigenvalue weighted by Crippen LogP contribution is 2.60. The van der Waals surface area contributed by atoms with E-state index in [2.05, 4.69) is 10.3 Å². The summed E-state index contributed by atoms with van der Waals surface area (Å²) in [6.07, 6.45) is 6.65. The van der Waals surface area contributed by atoms with Crippen LogP contribution in [0.4, 0.5) is 0 Å². The van der Waals surface area contributed by atoms with Gasteiger partial charge in [-0.3, -0.25) is 0 Å². The molecule has 6 heteroatoms. The van der Waals surface area contributed by atoms with Crippen molar-refractivity contribution in [3.63, 3.8) is 0 Å². The number of methoxy groups -OCH3 is 2. The van der Waals surface area contributed by atoms with Gasteiger partial charge in [0, 0.05) is 24.0 Å². The zero-order valence-corrected chi connectivity index (χ0v) is 15.7. The summed E-state index contributed by atoms with van der Waals surface area (Å²) in [7, 11) is 3.27. The third-order valence-corrected chi connectivity index (χ3v) is 6.47. The molecule has 0 amide bonds. The number of nitrogens with zero attached hydrogens (tertiary/aromatic N) is 1. The SMILES string of the molecule is COc1ccc(CN=C(N)NC2C3CCOC3C23CCCC3)cc1OC. The zero-order chi connectivity index (χ0) is 18.1. The fraction of sp³-hybridized carbons (Fsp3) is 0.650. The molecule has 4 rings (SSSR count). The van der Waals surface area contributed by atoms with Crippen LogP contribution >= 0.6 is 0 Å². The zero-order valence-electron chi connectivity index (χ0n) is 15.7. The Bertz CT molecular complexity index is 685. The molecule has 2 saturated carbocycles. The van der Waals surface area contributed by atoms with Crippen LogP contribution in [0, 0.1) is 11.3 Å². The molecule has 3 aliphatic rings. The molecule has 1 heterocycles. The lowest BCUT2D eigenvalue weighted by Gasteiger charge is -2.57. The molecule has 2 aliphatic carbocycles. The van der Waals surface area contributed by atoms with E-state index in [-0.39, 0.29) is 5.41 Å². The van der Waals surface area contributed by atoms with Crippen molar-refractivity contribution in [2.45, 2.75) is 50.8 Å². The minimum Gasteiger partial charge on any atom is -0.493 e. The van der Waals surface area contributed by atoms with Crippen molar-refractivity contribution < 1.29 is 14.2 Å². The number of benzene rings is 1. The maximum absolute atomic E-state index is 6.23. The van der Waals surface area contributed by atoms with E-state index >= 15 is 0 Å². The van der Waals surface area contributed by atoms with Gasteiger partial charge in [-0.25, -0.2) is 4.99 Å². The lowest BCUT2D eigenvalue weighted by molar-refractivity contribution is -0.124. The minimum atomic E-state index is 0.282. The Labute approximate surface area is 155 Å². The van der Waals surface area contributed by atoms with E-state index in [1.807, 2.05) is 18.2 Å². The van der Waals surface area contributed by atoms with Crippen LogP contribution in [0.1, 0.15) is 37.7 Å². The highest BCUT2D eigenvalue weighted by atomic mass is 16.5. The van der Waals surface area contributed by atoms with Gasteiger partial charge in [0.1, 0.15) is 0 Å². The van der Waals surface area contributed by atoms with Gasteiger partial charge in [-0.2, -0.15) is 0 Å². The number of guanidine groups is 1. The van der Waals surface area contributed by atoms with Gasteiger partial charge in [0.2, 0.25) is 0 Å². The lowest BCUT2D eigenvalue weighted by Crippen LogP contribution is -2.69. The van der Waals surface area contributed by atoms with Crippen molar-refractivity contribution in [2.75, 3.05) is 20.8 Å². The van der Waals surface area contributed by atoms with Gasteiger partial charge < -0.3 is 25.3 Å². The molecule has 3 unspecified atom stereocenters. The molecule has 1 spiro atoms. The second-order valence-electron chi connectivity index (χ2n) is 7.70. The Hall–Kier alpha value is -1.95. The van der Waals surface area contributed by atoms with E-state index in [1.54, 1.807) is 14.2 Å². The molecule has 26 heavy (non-hydrogen) atoms. The van der Waals surface area contributed by atoms with Crippen LogP contribution in [0.2, 0.25) is 0 Å². The van der Waals surface area contributed by atoms with Crippen molar-refractivity contribution in [3.8, 4) is 11.5 Å².